The van der Waals surface area contributed by atoms with Crippen LogP contribution in [0, 0.1) is 3.70 Å². The highest BCUT2D eigenvalue weighted by atomic mass is 127. The molecular formula is C5H5BINO2. The third kappa shape index (κ3) is 1.93. The van der Waals surface area contributed by atoms with Gasteiger partial charge in [0.05, 0.1) is 0 Å². The molecule has 2 N–H and O–H groups in total. The molecule has 1 rings (SSSR count). The van der Waals surface area contributed by atoms with Crippen LogP contribution in [-0.4, -0.2) is 22.2 Å². The Morgan fingerprint density at radius 3 is 2.50 bits per heavy atom. The molecule has 0 aliphatic rings. The Balaban J connectivity index is 2.89. The lowest BCUT2D eigenvalue weighted by atomic mass is 9.82. The highest BCUT2D eigenvalue weighted by Crippen LogP contribution is 1.95. The molecule has 10 heavy (non-hydrogen) atoms. The van der Waals surface area contributed by atoms with Crippen LogP contribution in [0.3, 0.4) is 0 Å². The lowest BCUT2D eigenvalue weighted by Gasteiger charge is -1.95. The molecule has 0 saturated carbocycles. The molecule has 1 heterocycles. The summed E-state index contributed by atoms with van der Waals surface area (Å²) in [6.07, 6.45) is 1.44. The van der Waals surface area contributed by atoms with Crippen LogP contribution in [0.2, 0.25) is 0 Å². The van der Waals surface area contributed by atoms with E-state index in [1.807, 2.05) is 22.6 Å². The van der Waals surface area contributed by atoms with E-state index in [-0.39, 0.29) is 0 Å². The Kier molecular flexibility index (Phi) is 2.64. The van der Waals surface area contributed by atoms with Crippen molar-refractivity contribution in [3.05, 3.63) is 22.0 Å². The smallest absolute Gasteiger partial charge is 0.423 e. The molecule has 0 radical (unpaired) electrons. The predicted octanol–water partition coefficient (Wildman–Crippen LogP) is -0.634. The number of hydrogen-bond donors (Lipinski definition) is 2. The Bertz CT molecular complexity index is 213. The number of rotatable bonds is 1. The van der Waals surface area contributed by atoms with Gasteiger partial charge in [-0.2, -0.15) is 0 Å². The fourth-order valence-corrected chi connectivity index (χ4v) is 0.859. The zero-order chi connectivity index (χ0) is 7.56. The summed E-state index contributed by atoms with van der Waals surface area (Å²) < 4.78 is 0.835. The van der Waals surface area contributed by atoms with E-state index in [2.05, 4.69) is 4.98 Å². The van der Waals surface area contributed by atoms with Gasteiger partial charge in [0.2, 0.25) is 0 Å². The largest absolute Gasteiger partial charge is 0.490 e. The van der Waals surface area contributed by atoms with Gasteiger partial charge >= 0.3 is 7.12 Å². The van der Waals surface area contributed by atoms with E-state index in [9.17, 15) is 0 Å². The second kappa shape index (κ2) is 3.31. The van der Waals surface area contributed by atoms with E-state index < -0.39 is 7.12 Å². The second-order valence-corrected chi connectivity index (χ2v) is 2.89. The zero-order valence-corrected chi connectivity index (χ0v) is 7.19. The first-order chi connectivity index (χ1) is 4.70. The van der Waals surface area contributed by atoms with Crippen molar-refractivity contribution in [2.75, 3.05) is 0 Å². The van der Waals surface area contributed by atoms with Crippen molar-refractivity contribution in [2.45, 2.75) is 0 Å². The molecule has 0 amide bonds. The van der Waals surface area contributed by atoms with Crippen LogP contribution < -0.4 is 5.46 Å². The maximum atomic E-state index is 8.63. The maximum Gasteiger partial charge on any atom is 0.490 e. The molecule has 52 valence electrons. The molecule has 3 nitrogen and oxygen atoms in total. The number of hydrogen-bond acceptors (Lipinski definition) is 3. The monoisotopic (exact) mass is 249 g/mol. The van der Waals surface area contributed by atoms with Crippen LogP contribution >= 0.6 is 22.6 Å². The molecule has 5 heteroatoms. The highest BCUT2D eigenvalue weighted by molar-refractivity contribution is 14.1. The highest BCUT2D eigenvalue weighted by Gasteiger charge is 2.09. The Morgan fingerprint density at radius 1 is 1.40 bits per heavy atom. The maximum absolute atomic E-state index is 8.63. The van der Waals surface area contributed by atoms with Gasteiger partial charge in [-0.25, -0.2) is 0 Å². The SMILES string of the molecule is OB(O)c1ccc(I)nc1. The molecule has 1 aromatic rings. The van der Waals surface area contributed by atoms with Gasteiger partial charge < -0.3 is 10.0 Å². The third-order valence-electron chi connectivity index (χ3n) is 1.05. The minimum absolute atomic E-state index is 0.417. The lowest BCUT2D eigenvalue weighted by Crippen LogP contribution is -2.29. The van der Waals surface area contributed by atoms with E-state index in [0.717, 1.165) is 3.70 Å². The van der Waals surface area contributed by atoms with Crippen LogP contribution in [0.4, 0.5) is 0 Å². The minimum Gasteiger partial charge on any atom is -0.423 e. The molecule has 0 unspecified atom stereocenters. The van der Waals surface area contributed by atoms with Gasteiger partial charge in [0, 0.05) is 11.7 Å². The molecule has 0 saturated heterocycles. The van der Waals surface area contributed by atoms with E-state index in [0.29, 0.717) is 5.46 Å². The van der Waals surface area contributed by atoms with Crippen molar-refractivity contribution in [1.29, 1.82) is 0 Å². The van der Waals surface area contributed by atoms with E-state index in [1.54, 1.807) is 12.1 Å². The summed E-state index contributed by atoms with van der Waals surface area (Å²) in [6.45, 7) is 0. The van der Waals surface area contributed by atoms with Crippen LogP contribution in [0.5, 0.6) is 0 Å². The quantitative estimate of drug-likeness (QED) is 0.395. The summed E-state index contributed by atoms with van der Waals surface area (Å²) in [7, 11) is -1.41. The van der Waals surface area contributed by atoms with Crippen molar-refractivity contribution >= 4 is 35.2 Å². The summed E-state index contributed by atoms with van der Waals surface area (Å²) in [5.41, 5.74) is 0.417. The van der Waals surface area contributed by atoms with Gasteiger partial charge in [-0.1, -0.05) is 6.07 Å². The fraction of sp³-hybridized carbons (Fsp3) is 0. The van der Waals surface area contributed by atoms with E-state index in [1.165, 1.54) is 6.20 Å². The lowest BCUT2D eigenvalue weighted by molar-refractivity contribution is 0.425. The summed E-state index contributed by atoms with van der Waals surface area (Å²) in [4.78, 5) is 3.87. The average Bonchev–Trinajstić information content (AvgIpc) is 1.88. The molecule has 1 aromatic heterocycles. The van der Waals surface area contributed by atoms with E-state index >= 15 is 0 Å². The summed E-state index contributed by atoms with van der Waals surface area (Å²) in [5, 5.41) is 17.3. The first-order valence-electron chi connectivity index (χ1n) is 2.68. The van der Waals surface area contributed by atoms with Gasteiger partial charge in [-0.15, -0.1) is 0 Å². The molecule has 0 atom stereocenters. The Labute approximate surface area is 72.4 Å². The Hall–Kier alpha value is -0.135. The van der Waals surface area contributed by atoms with Crippen LogP contribution in [0.15, 0.2) is 18.3 Å². The number of pyridine rings is 1. The third-order valence-corrected chi connectivity index (χ3v) is 1.69. The first kappa shape index (κ1) is 7.97. The van der Waals surface area contributed by atoms with Crippen LogP contribution in [0.1, 0.15) is 0 Å². The number of halogens is 1. The minimum atomic E-state index is -1.41. The fourth-order valence-electron chi connectivity index (χ4n) is 0.540. The van der Waals surface area contributed by atoms with Crippen molar-refractivity contribution in [2.24, 2.45) is 0 Å². The molecule has 0 aliphatic heterocycles. The molecular weight excluding hydrogens is 244 g/mol. The summed E-state index contributed by atoms with van der Waals surface area (Å²) >= 11 is 2.05. The van der Waals surface area contributed by atoms with Gasteiger partial charge in [0.25, 0.3) is 0 Å². The van der Waals surface area contributed by atoms with Gasteiger partial charge in [-0.05, 0) is 28.7 Å². The average molecular weight is 249 g/mol. The number of nitrogens with zero attached hydrogens (tertiary/aromatic N) is 1. The van der Waals surface area contributed by atoms with Crippen molar-refractivity contribution in [3.63, 3.8) is 0 Å². The van der Waals surface area contributed by atoms with Gasteiger partial charge in [0.15, 0.2) is 0 Å². The van der Waals surface area contributed by atoms with Crippen LogP contribution in [-0.2, 0) is 0 Å². The first-order valence-corrected chi connectivity index (χ1v) is 3.75. The molecule has 0 spiro atoms. The van der Waals surface area contributed by atoms with Crippen LogP contribution in [0.25, 0.3) is 0 Å². The topological polar surface area (TPSA) is 53.4 Å². The second-order valence-electron chi connectivity index (χ2n) is 1.79. The predicted molar refractivity (Wildman–Crippen MR) is 46.8 cm³/mol. The van der Waals surface area contributed by atoms with Crippen molar-refractivity contribution in [1.82, 2.24) is 4.98 Å². The van der Waals surface area contributed by atoms with Gasteiger partial charge in [0.1, 0.15) is 3.70 Å². The molecule has 0 aliphatic carbocycles. The number of aromatic nitrogens is 1. The molecule has 0 fully saturated rings. The Morgan fingerprint density at radius 2 is 2.10 bits per heavy atom. The van der Waals surface area contributed by atoms with Crippen molar-refractivity contribution in [3.8, 4) is 0 Å². The van der Waals surface area contributed by atoms with E-state index in [4.69, 9.17) is 10.0 Å². The zero-order valence-electron chi connectivity index (χ0n) is 5.03. The molecule has 0 aromatic carbocycles. The van der Waals surface area contributed by atoms with Gasteiger partial charge in [-0.3, -0.25) is 4.98 Å². The van der Waals surface area contributed by atoms with Crippen molar-refractivity contribution < 1.29 is 10.0 Å². The standard InChI is InChI=1S/C5H5BINO2/c7-5-2-1-4(3-8-5)6(9)10/h1-3,9-10H. The summed E-state index contributed by atoms with van der Waals surface area (Å²) in [5.74, 6) is 0. The molecule has 0 bridgehead atoms. The normalized spacial score (nSPS) is 9.50. The summed E-state index contributed by atoms with van der Waals surface area (Å²) in [6, 6.07) is 3.34.